The smallest absolute Gasteiger partial charge is 0.223 e. The molecule has 0 amide bonds. The number of fused-ring (bicyclic) bond motifs is 1. The van der Waals surface area contributed by atoms with Crippen molar-refractivity contribution in [2.45, 2.75) is 45.6 Å². The number of aryl methyl sites for hydroxylation is 3. The second kappa shape index (κ2) is 6.27. The second-order valence-corrected chi connectivity index (χ2v) is 5.57. The van der Waals surface area contributed by atoms with Gasteiger partial charge in [0.05, 0.1) is 0 Å². The van der Waals surface area contributed by atoms with Crippen molar-refractivity contribution in [1.29, 1.82) is 0 Å². The Balaban J connectivity index is 1.89. The predicted molar refractivity (Wildman–Crippen MR) is 84.7 cm³/mol. The Kier molecular flexibility index (Phi) is 4.20. The summed E-state index contributed by atoms with van der Waals surface area (Å²) in [5.74, 6) is 1.49. The van der Waals surface area contributed by atoms with Gasteiger partial charge in [-0.05, 0) is 61.4 Å². The molecule has 3 nitrogen and oxygen atoms in total. The van der Waals surface area contributed by atoms with Gasteiger partial charge >= 0.3 is 0 Å². The third kappa shape index (κ3) is 3.08. The van der Waals surface area contributed by atoms with Crippen molar-refractivity contribution in [3.05, 3.63) is 52.7 Å². The van der Waals surface area contributed by atoms with Gasteiger partial charge in [0.15, 0.2) is 0 Å². The first kappa shape index (κ1) is 14.1. The number of nitrogens with two attached hydrogens (primary N) is 1. The van der Waals surface area contributed by atoms with Gasteiger partial charge in [0.1, 0.15) is 5.75 Å². The Morgan fingerprint density at radius 1 is 1.14 bits per heavy atom. The van der Waals surface area contributed by atoms with Crippen molar-refractivity contribution < 1.29 is 4.74 Å². The van der Waals surface area contributed by atoms with Crippen LogP contribution in [0.15, 0.2) is 30.3 Å². The lowest BCUT2D eigenvalue weighted by Gasteiger charge is -2.18. The minimum Gasteiger partial charge on any atom is -0.439 e. The van der Waals surface area contributed by atoms with Crippen molar-refractivity contribution >= 4 is 0 Å². The Morgan fingerprint density at radius 2 is 1.90 bits per heavy atom. The van der Waals surface area contributed by atoms with E-state index in [-0.39, 0.29) is 0 Å². The van der Waals surface area contributed by atoms with E-state index in [2.05, 4.69) is 25.1 Å². The maximum atomic E-state index is 5.97. The standard InChI is InChI=1S/C18H22N2O/c1-2-13-7-9-16(10-8-13)21-18-15(12-19)11-14-5-3-4-6-17(14)20-18/h7-11H,2-6,12,19H2,1H3. The first-order chi connectivity index (χ1) is 10.3. The molecule has 0 aliphatic heterocycles. The van der Waals surface area contributed by atoms with Crippen molar-refractivity contribution in [3.8, 4) is 11.6 Å². The number of hydrogen-bond acceptors (Lipinski definition) is 3. The molecule has 1 aromatic heterocycles. The lowest BCUT2D eigenvalue weighted by Crippen LogP contribution is -2.10. The van der Waals surface area contributed by atoms with Crippen LogP contribution in [0.4, 0.5) is 0 Å². The first-order valence-electron chi connectivity index (χ1n) is 7.78. The van der Waals surface area contributed by atoms with Gasteiger partial charge in [0.2, 0.25) is 5.88 Å². The van der Waals surface area contributed by atoms with Gasteiger partial charge in [-0.2, -0.15) is 0 Å². The summed E-state index contributed by atoms with van der Waals surface area (Å²) in [6, 6.07) is 10.4. The Labute approximate surface area is 126 Å². The molecule has 1 aliphatic rings. The molecule has 0 spiro atoms. The van der Waals surface area contributed by atoms with E-state index in [4.69, 9.17) is 15.5 Å². The molecule has 1 heterocycles. The maximum Gasteiger partial charge on any atom is 0.223 e. The SMILES string of the molecule is CCc1ccc(Oc2nc3c(cc2CN)CCCC3)cc1. The highest BCUT2D eigenvalue weighted by Crippen LogP contribution is 2.29. The van der Waals surface area contributed by atoms with Gasteiger partial charge in [-0.15, -0.1) is 0 Å². The zero-order valence-corrected chi connectivity index (χ0v) is 12.6. The van der Waals surface area contributed by atoms with Crippen LogP contribution in [0.5, 0.6) is 11.6 Å². The van der Waals surface area contributed by atoms with Crippen molar-refractivity contribution in [3.63, 3.8) is 0 Å². The summed E-state index contributed by atoms with van der Waals surface area (Å²) < 4.78 is 5.97. The van der Waals surface area contributed by atoms with Crippen LogP contribution < -0.4 is 10.5 Å². The van der Waals surface area contributed by atoms with E-state index < -0.39 is 0 Å². The molecule has 0 saturated heterocycles. The third-order valence-electron chi connectivity index (χ3n) is 4.11. The molecule has 21 heavy (non-hydrogen) atoms. The normalized spacial score (nSPS) is 13.8. The minimum absolute atomic E-state index is 0.461. The monoisotopic (exact) mass is 282 g/mol. The van der Waals surface area contributed by atoms with Crippen LogP contribution in [0.25, 0.3) is 0 Å². The number of nitrogens with zero attached hydrogens (tertiary/aromatic N) is 1. The summed E-state index contributed by atoms with van der Waals surface area (Å²) >= 11 is 0. The summed E-state index contributed by atoms with van der Waals surface area (Å²) in [6.45, 7) is 2.61. The maximum absolute atomic E-state index is 5.97. The number of hydrogen-bond donors (Lipinski definition) is 1. The van der Waals surface area contributed by atoms with Crippen molar-refractivity contribution in [1.82, 2.24) is 4.98 Å². The Morgan fingerprint density at radius 3 is 2.62 bits per heavy atom. The number of benzene rings is 1. The molecule has 3 heteroatoms. The van der Waals surface area contributed by atoms with Crippen LogP contribution in [0.2, 0.25) is 0 Å². The average molecular weight is 282 g/mol. The highest BCUT2D eigenvalue weighted by atomic mass is 16.5. The molecule has 1 aromatic carbocycles. The average Bonchev–Trinajstić information content (AvgIpc) is 2.55. The molecule has 0 atom stereocenters. The Hall–Kier alpha value is -1.87. The fraction of sp³-hybridized carbons (Fsp3) is 0.389. The fourth-order valence-corrected chi connectivity index (χ4v) is 2.80. The summed E-state index contributed by atoms with van der Waals surface area (Å²) in [7, 11) is 0. The van der Waals surface area contributed by atoms with Gasteiger partial charge in [-0.3, -0.25) is 0 Å². The van der Waals surface area contributed by atoms with Gasteiger partial charge in [-0.25, -0.2) is 4.98 Å². The van der Waals surface area contributed by atoms with Crippen LogP contribution in [0.1, 0.15) is 42.1 Å². The van der Waals surface area contributed by atoms with Gasteiger partial charge in [0, 0.05) is 17.8 Å². The molecule has 0 saturated carbocycles. The predicted octanol–water partition coefficient (Wildman–Crippen LogP) is 3.77. The molecular formula is C18H22N2O. The lowest BCUT2D eigenvalue weighted by molar-refractivity contribution is 0.451. The van der Waals surface area contributed by atoms with Gasteiger partial charge < -0.3 is 10.5 Å². The zero-order chi connectivity index (χ0) is 14.7. The molecular weight excluding hydrogens is 260 g/mol. The van der Waals surface area contributed by atoms with Gasteiger partial charge in [0.25, 0.3) is 0 Å². The number of pyridine rings is 1. The highest BCUT2D eigenvalue weighted by molar-refractivity contribution is 5.39. The van der Waals surface area contributed by atoms with E-state index in [0.29, 0.717) is 12.4 Å². The molecule has 0 unspecified atom stereocenters. The van der Waals surface area contributed by atoms with E-state index in [0.717, 1.165) is 30.6 Å². The molecule has 2 aromatic rings. The highest BCUT2D eigenvalue weighted by Gasteiger charge is 2.15. The van der Waals surface area contributed by atoms with E-state index in [9.17, 15) is 0 Å². The molecule has 0 bridgehead atoms. The zero-order valence-electron chi connectivity index (χ0n) is 12.6. The van der Waals surface area contributed by atoms with E-state index in [1.54, 1.807) is 0 Å². The quantitative estimate of drug-likeness (QED) is 0.928. The largest absolute Gasteiger partial charge is 0.439 e. The Bertz CT molecular complexity index is 620. The topological polar surface area (TPSA) is 48.1 Å². The number of rotatable bonds is 4. The van der Waals surface area contributed by atoms with E-state index in [1.807, 2.05) is 12.1 Å². The second-order valence-electron chi connectivity index (χ2n) is 5.57. The van der Waals surface area contributed by atoms with Crippen LogP contribution in [0, 0.1) is 0 Å². The van der Waals surface area contributed by atoms with Crippen LogP contribution >= 0.6 is 0 Å². The van der Waals surface area contributed by atoms with Crippen LogP contribution in [-0.4, -0.2) is 4.98 Å². The van der Waals surface area contributed by atoms with Crippen LogP contribution in [0.3, 0.4) is 0 Å². The van der Waals surface area contributed by atoms with E-state index in [1.165, 1.54) is 29.7 Å². The number of aromatic nitrogens is 1. The molecule has 0 radical (unpaired) electrons. The van der Waals surface area contributed by atoms with E-state index >= 15 is 0 Å². The van der Waals surface area contributed by atoms with Crippen molar-refractivity contribution in [2.24, 2.45) is 5.73 Å². The molecule has 3 rings (SSSR count). The fourth-order valence-electron chi connectivity index (χ4n) is 2.80. The summed E-state index contributed by atoms with van der Waals surface area (Å²) in [4.78, 5) is 4.72. The summed E-state index contributed by atoms with van der Waals surface area (Å²) in [6.07, 6.45) is 5.65. The van der Waals surface area contributed by atoms with Gasteiger partial charge in [-0.1, -0.05) is 19.1 Å². The third-order valence-corrected chi connectivity index (χ3v) is 4.11. The van der Waals surface area contributed by atoms with Crippen molar-refractivity contribution in [2.75, 3.05) is 0 Å². The summed E-state index contributed by atoms with van der Waals surface area (Å²) in [5, 5.41) is 0. The molecule has 1 aliphatic carbocycles. The minimum atomic E-state index is 0.461. The molecule has 2 N–H and O–H groups in total. The lowest BCUT2D eigenvalue weighted by atomic mass is 9.95. The van der Waals surface area contributed by atoms with Crippen LogP contribution in [-0.2, 0) is 25.8 Å². The molecule has 110 valence electrons. The summed E-state index contributed by atoms with van der Waals surface area (Å²) in [5.41, 5.74) is 10.7. The first-order valence-corrected chi connectivity index (χ1v) is 7.78. The molecule has 0 fully saturated rings. The number of ether oxygens (including phenoxy) is 1.